The van der Waals surface area contributed by atoms with E-state index in [0.717, 1.165) is 50.1 Å². The lowest BCUT2D eigenvalue weighted by atomic mass is 10.0. The van der Waals surface area contributed by atoms with Crippen LogP contribution in [0.25, 0.3) is 83.6 Å². The molecule has 0 aliphatic heterocycles. The van der Waals surface area contributed by atoms with E-state index in [0.29, 0.717) is 0 Å². The SMILES string of the molecule is C=Cc1c(-c2c(C)c3ccccc3n2-c2ccc(-c3ccccc3)cc2)c2ccccc2n1-c1ccc2c(c1)oc1ccccc12. The molecule has 46 heavy (non-hydrogen) atoms. The lowest BCUT2D eigenvalue weighted by Crippen LogP contribution is -2.00. The van der Waals surface area contributed by atoms with Crippen molar-refractivity contribution in [1.82, 2.24) is 9.13 Å². The van der Waals surface area contributed by atoms with Crippen LogP contribution in [0.4, 0.5) is 0 Å². The van der Waals surface area contributed by atoms with Gasteiger partial charge >= 0.3 is 0 Å². The molecule has 0 saturated heterocycles. The Balaban J connectivity index is 1.32. The predicted molar refractivity (Wildman–Crippen MR) is 193 cm³/mol. The van der Waals surface area contributed by atoms with Gasteiger partial charge in [0, 0.05) is 44.5 Å². The minimum atomic E-state index is 0.872. The van der Waals surface area contributed by atoms with Crippen molar-refractivity contribution in [3.8, 4) is 33.8 Å². The van der Waals surface area contributed by atoms with E-state index in [9.17, 15) is 0 Å². The van der Waals surface area contributed by atoms with Gasteiger partial charge in [0.05, 0.1) is 22.4 Å². The predicted octanol–water partition coefficient (Wildman–Crippen LogP) is 11.8. The molecule has 9 aromatic rings. The van der Waals surface area contributed by atoms with Crippen molar-refractivity contribution < 1.29 is 4.42 Å². The van der Waals surface area contributed by atoms with Crippen LogP contribution in [-0.2, 0) is 0 Å². The lowest BCUT2D eigenvalue weighted by molar-refractivity contribution is 0.668. The van der Waals surface area contributed by atoms with Crippen LogP contribution in [0.15, 0.2) is 157 Å². The Hall–Kier alpha value is -6.06. The Kier molecular flexibility index (Phi) is 5.87. The van der Waals surface area contributed by atoms with Crippen LogP contribution in [0.5, 0.6) is 0 Å². The van der Waals surface area contributed by atoms with Gasteiger partial charge in [-0.05, 0) is 72.2 Å². The molecule has 3 heteroatoms. The van der Waals surface area contributed by atoms with Crippen molar-refractivity contribution in [2.45, 2.75) is 6.92 Å². The smallest absolute Gasteiger partial charge is 0.137 e. The maximum absolute atomic E-state index is 6.33. The summed E-state index contributed by atoms with van der Waals surface area (Å²) in [5, 5.41) is 4.66. The first-order chi connectivity index (χ1) is 22.7. The molecular weight excluding hydrogens is 560 g/mol. The fourth-order valence-electron chi connectivity index (χ4n) is 7.24. The topological polar surface area (TPSA) is 23.0 Å². The average Bonchev–Trinajstić information content (AvgIpc) is 3.75. The summed E-state index contributed by atoms with van der Waals surface area (Å²) >= 11 is 0. The van der Waals surface area contributed by atoms with Gasteiger partial charge in [0.25, 0.3) is 0 Å². The first-order valence-corrected chi connectivity index (χ1v) is 15.6. The third-order valence-corrected chi connectivity index (χ3v) is 9.32. The average molecular weight is 591 g/mol. The maximum Gasteiger partial charge on any atom is 0.137 e. The lowest BCUT2D eigenvalue weighted by Gasteiger charge is -2.15. The van der Waals surface area contributed by atoms with Crippen LogP contribution in [0.3, 0.4) is 0 Å². The highest BCUT2D eigenvalue weighted by Crippen LogP contribution is 2.44. The van der Waals surface area contributed by atoms with E-state index >= 15 is 0 Å². The molecule has 3 nitrogen and oxygen atoms in total. The Bertz CT molecular complexity index is 2590. The number of aromatic nitrogens is 2. The normalized spacial score (nSPS) is 11.7. The molecule has 0 fully saturated rings. The van der Waals surface area contributed by atoms with E-state index in [1.165, 1.54) is 38.7 Å². The second-order valence-electron chi connectivity index (χ2n) is 11.8. The number of furan rings is 1. The number of hydrogen-bond donors (Lipinski definition) is 0. The van der Waals surface area contributed by atoms with Gasteiger partial charge in [-0.3, -0.25) is 0 Å². The van der Waals surface area contributed by atoms with E-state index in [2.05, 4.69) is 156 Å². The number of aryl methyl sites for hydroxylation is 1. The summed E-state index contributed by atoms with van der Waals surface area (Å²) < 4.78 is 11.1. The molecule has 3 aromatic heterocycles. The number of benzene rings is 6. The number of fused-ring (bicyclic) bond motifs is 5. The fraction of sp³-hybridized carbons (Fsp3) is 0.0233. The van der Waals surface area contributed by atoms with E-state index in [4.69, 9.17) is 4.42 Å². The zero-order chi connectivity index (χ0) is 30.8. The highest BCUT2D eigenvalue weighted by Gasteiger charge is 2.25. The van der Waals surface area contributed by atoms with E-state index in [1.807, 2.05) is 18.2 Å². The largest absolute Gasteiger partial charge is 0.456 e. The van der Waals surface area contributed by atoms with Gasteiger partial charge < -0.3 is 13.6 Å². The molecule has 218 valence electrons. The monoisotopic (exact) mass is 590 g/mol. The minimum Gasteiger partial charge on any atom is -0.456 e. The van der Waals surface area contributed by atoms with Gasteiger partial charge in [-0.2, -0.15) is 0 Å². The molecule has 0 unspecified atom stereocenters. The summed E-state index contributed by atoms with van der Waals surface area (Å²) in [5.74, 6) is 0. The van der Waals surface area contributed by atoms with Crippen molar-refractivity contribution in [3.63, 3.8) is 0 Å². The van der Waals surface area contributed by atoms with Crippen LogP contribution >= 0.6 is 0 Å². The summed E-state index contributed by atoms with van der Waals surface area (Å²) in [6.45, 7) is 6.62. The third kappa shape index (κ3) is 3.85. The zero-order valence-electron chi connectivity index (χ0n) is 25.4. The van der Waals surface area contributed by atoms with Crippen LogP contribution in [0.1, 0.15) is 11.3 Å². The molecule has 0 radical (unpaired) electrons. The second kappa shape index (κ2) is 10.3. The molecule has 9 rings (SSSR count). The van der Waals surface area contributed by atoms with Gasteiger partial charge in [0.15, 0.2) is 0 Å². The van der Waals surface area contributed by atoms with Crippen LogP contribution in [0, 0.1) is 6.92 Å². The number of para-hydroxylation sites is 3. The molecule has 0 aliphatic carbocycles. The molecule has 0 bridgehead atoms. The second-order valence-corrected chi connectivity index (χ2v) is 11.8. The molecule has 0 saturated carbocycles. The van der Waals surface area contributed by atoms with Crippen molar-refractivity contribution >= 4 is 49.8 Å². The van der Waals surface area contributed by atoms with Crippen molar-refractivity contribution in [2.24, 2.45) is 0 Å². The summed E-state index contributed by atoms with van der Waals surface area (Å²) in [6, 6.07) is 51.6. The Morgan fingerprint density at radius 3 is 1.87 bits per heavy atom. The van der Waals surface area contributed by atoms with E-state index in [1.54, 1.807) is 0 Å². The molecule has 0 aliphatic rings. The maximum atomic E-state index is 6.33. The fourth-order valence-corrected chi connectivity index (χ4v) is 7.24. The summed E-state index contributed by atoms with van der Waals surface area (Å²) in [7, 11) is 0. The van der Waals surface area contributed by atoms with Crippen LogP contribution < -0.4 is 0 Å². The van der Waals surface area contributed by atoms with Gasteiger partial charge in [-0.25, -0.2) is 0 Å². The number of nitrogens with zero attached hydrogens (tertiary/aromatic N) is 2. The first kappa shape index (κ1) is 26.4. The Morgan fingerprint density at radius 1 is 0.522 bits per heavy atom. The van der Waals surface area contributed by atoms with Gasteiger partial charge in [-0.15, -0.1) is 0 Å². The van der Waals surface area contributed by atoms with E-state index < -0.39 is 0 Å². The molecular formula is C43H30N2O. The van der Waals surface area contributed by atoms with Crippen molar-refractivity contribution in [2.75, 3.05) is 0 Å². The molecule has 6 aromatic carbocycles. The third-order valence-electron chi connectivity index (χ3n) is 9.32. The highest BCUT2D eigenvalue weighted by atomic mass is 16.3. The molecule has 0 N–H and O–H groups in total. The summed E-state index contributed by atoms with van der Waals surface area (Å²) in [6.07, 6.45) is 2.00. The molecule has 0 spiro atoms. The van der Waals surface area contributed by atoms with Crippen molar-refractivity contribution in [1.29, 1.82) is 0 Å². The van der Waals surface area contributed by atoms with Gasteiger partial charge in [0.1, 0.15) is 11.2 Å². The first-order valence-electron chi connectivity index (χ1n) is 15.6. The summed E-state index contributed by atoms with van der Waals surface area (Å²) in [5.41, 5.74) is 13.3. The molecule has 3 heterocycles. The van der Waals surface area contributed by atoms with Gasteiger partial charge in [-0.1, -0.05) is 104 Å². The number of hydrogen-bond acceptors (Lipinski definition) is 1. The van der Waals surface area contributed by atoms with Crippen molar-refractivity contribution in [3.05, 3.63) is 163 Å². The van der Waals surface area contributed by atoms with Crippen LogP contribution in [-0.4, -0.2) is 9.13 Å². The van der Waals surface area contributed by atoms with E-state index in [-0.39, 0.29) is 0 Å². The zero-order valence-corrected chi connectivity index (χ0v) is 25.4. The molecule has 0 amide bonds. The summed E-state index contributed by atoms with van der Waals surface area (Å²) in [4.78, 5) is 0. The van der Waals surface area contributed by atoms with Gasteiger partial charge in [0.2, 0.25) is 0 Å². The molecule has 0 atom stereocenters. The highest BCUT2D eigenvalue weighted by molar-refractivity contribution is 6.08. The minimum absolute atomic E-state index is 0.872. The Morgan fingerprint density at radius 2 is 1.11 bits per heavy atom. The standard InChI is InChI=1S/C43H30N2O/c1-3-37-42(36-17-8-11-19-39(36)44(37)32-25-26-35-34-16-9-12-20-40(34)46-41(35)27-32)43-28(2)33-15-7-10-18-38(33)45(43)31-23-21-30(22-24-31)29-13-5-4-6-14-29/h3-27H,1H2,2H3. The van der Waals surface area contributed by atoms with Crippen LogP contribution in [0.2, 0.25) is 0 Å². The Labute approximate surface area is 266 Å². The quantitative estimate of drug-likeness (QED) is 0.196. The number of rotatable bonds is 5.